The summed E-state index contributed by atoms with van der Waals surface area (Å²) < 4.78 is 0. The fourth-order valence-corrected chi connectivity index (χ4v) is 3.32. The van der Waals surface area contributed by atoms with E-state index in [0.29, 0.717) is 0 Å². The lowest BCUT2D eigenvalue weighted by molar-refractivity contribution is -0.918. The Morgan fingerprint density at radius 2 is 1.83 bits per heavy atom. The molecule has 0 aromatic heterocycles. The summed E-state index contributed by atoms with van der Waals surface area (Å²) in [7, 11) is 0. The molecule has 1 fully saturated rings. The highest BCUT2D eigenvalue weighted by atomic mass is 16.2. The zero-order chi connectivity index (χ0) is 17.5. The van der Waals surface area contributed by atoms with Crippen molar-refractivity contribution < 1.29 is 14.5 Å². The van der Waals surface area contributed by atoms with Crippen LogP contribution in [0.15, 0.2) is 30.3 Å². The summed E-state index contributed by atoms with van der Waals surface area (Å²) >= 11 is 0. The van der Waals surface area contributed by atoms with Crippen LogP contribution in [-0.4, -0.2) is 48.9 Å². The first-order valence-electron chi connectivity index (χ1n) is 8.98. The number of carbonyl (C=O) groups excluding carboxylic acids is 2. The van der Waals surface area contributed by atoms with E-state index in [-0.39, 0.29) is 23.9 Å². The maximum absolute atomic E-state index is 12.7. The minimum absolute atomic E-state index is 0.0732. The first kappa shape index (κ1) is 18.5. The van der Waals surface area contributed by atoms with E-state index in [4.69, 9.17) is 0 Å². The molecule has 0 spiro atoms. The van der Waals surface area contributed by atoms with Crippen LogP contribution in [0.4, 0.5) is 0 Å². The van der Waals surface area contributed by atoms with Gasteiger partial charge in [0.25, 0.3) is 5.91 Å². The zero-order valence-corrected chi connectivity index (χ0v) is 15.0. The van der Waals surface area contributed by atoms with E-state index in [1.165, 1.54) is 4.90 Å². The van der Waals surface area contributed by atoms with E-state index in [0.717, 1.165) is 44.6 Å². The van der Waals surface area contributed by atoms with Gasteiger partial charge in [-0.25, -0.2) is 0 Å². The molecule has 2 N–H and O–H groups in total. The van der Waals surface area contributed by atoms with Crippen LogP contribution >= 0.6 is 0 Å². The zero-order valence-electron chi connectivity index (χ0n) is 15.0. The number of rotatable bonds is 6. The first-order valence-corrected chi connectivity index (χ1v) is 8.98. The Morgan fingerprint density at radius 1 is 1.21 bits per heavy atom. The van der Waals surface area contributed by atoms with E-state index in [1.54, 1.807) is 6.92 Å². The lowest BCUT2D eigenvalue weighted by Gasteiger charge is -2.34. The summed E-state index contributed by atoms with van der Waals surface area (Å²) in [6.07, 6.45) is 1.97. The highest BCUT2D eigenvalue weighted by Gasteiger charge is 2.30. The van der Waals surface area contributed by atoms with E-state index in [2.05, 4.69) is 24.4 Å². The molecule has 2 amide bonds. The largest absolute Gasteiger partial charge is 0.344 e. The molecule has 0 radical (unpaired) electrons. The monoisotopic (exact) mass is 332 g/mol. The predicted octanol–water partition coefficient (Wildman–Crippen LogP) is 0.780. The fraction of sp³-hybridized carbons (Fsp3) is 0.579. The minimum Gasteiger partial charge on any atom is -0.344 e. The van der Waals surface area contributed by atoms with Crippen LogP contribution in [0.25, 0.3) is 0 Å². The molecular formula is C19H30N3O2+. The van der Waals surface area contributed by atoms with Crippen LogP contribution in [0.5, 0.6) is 0 Å². The number of hydrogen-bond donors (Lipinski definition) is 2. The van der Waals surface area contributed by atoms with E-state index in [1.807, 2.05) is 30.0 Å². The second kappa shape index (κ2) is 8.83. The van der Waals surface area contributed by atoms with Crippen LogP contribution in [0.1, 0.15) is 45.2 Å². The van der Waals surface area contributed by atoms with Gasteiger partial charge in [-0.3, -0.25) is 9.59 Å². The van der Waals surface area contributed by atoms with Crippen molar-refractivity contribution >= 4 is 11.8 Å². The number of benzene rings is 1. The average Bonchev–Trinajstić information content (AvgIpc) is 2.61. The van der Waals surface area contributed by atoms with Gasteiger partial charge in [0.1, 0.15) is 0 Å². The molecule has 1 aliphatic heterocycles. The molecule has 1 saturated heterocycles. The van der Waals surface area contributed by atoms with Crippen molar-refractivity contribution in [3.63, 3.8) is 0 Å². The van der Waals surface area contributed by atoms with Crippen LogP contribution < -0.4 is 10.2 Å². The SMILES string of the molecule is CCC[C@@H](NC(=O)[C@H](C)[NH+]1CCN(C(C)=O)CC1)c1ccccc1. The highest BCUT2D eigenvalue weighted by Crippen LogP contribution is 2.18. The second-order valence-corrected chi connectivity index (χ2v) is 6.65. The van der Waals surface area contributed by atoms with Gasteiger partial charge in [0, 0.05) is 6.92 Å². The fourth-order valence-electron chi connectivity index (χ4n) is 3.32. The van der Waals surface area contributed by atoms with Crippen molar-refractivity contribution in [3.05, 3.63) is 35.9 Å². The quantitative estimate of drug-likeness (QED) is 0.809. The van der Waals surface area contributed by atoms with Gasteiger partial charge >= 0.3 is 0 Å². The third kappa shape index (κ3) is 4.81. The van der Waals surface area contributed by atoms with Crippen molar-refractivity contribution in [3.8, 4) is 0 Å². The molecular weight excluding hydrogens is 302 g/mol. The third-order valence-corrected chi connectivity index (χ3v) is 4.95. The predicted molar refractivity (Wildman–Crippen MR) is 94.6 cm³/mol. The van der Waals surface area contributed by atoms with Gasteiger partial charge in [-0.15, -0.1) is 0 Å². The van der Waals surface area contributed by atoms with Crippen LogP contribution in [-0.2, 0) is 9.59 Å². The maximum atomic E-state index is 12.7. The van der Waals surface area contributed by atoms with Gasteiger partial charge in [-0.2, -0.15) is 0 Å². The Labute approximate surface area is 145 Å². The maximum Gasteiger partial charge on any atom is 0.278 e. The first-order chi connectivity index (χ1) is 11.5. The summed E-state index contributed by atoms with van der Waals surface area (Å²) in [5, 5.41) is 3.22. The molecule has 2 atom stereocenters. The number of quaternary nitrogens is 1. The molecule has 5 heteroatoms. The Balaban J connectivity index is 1.93. The molecule has 0 bridgehead atoms. The van der Waals surface area contributed by atoms with E-state index in [9.17, 15) is 9.59 Å². The van der Waals surface area contributed by atoms with Gasteiger partial charge < -0.3 is 15.1 Å². The van der Waals surface area contributed by atoms with Crippen molar-refractivity contribution in [2.45, 2.75) is 45.7 Å². The lowest BCUT2D eigenvalue weighted by Crippen LogP contribution is -3.19. The molecule has 24 heavy (non-hydrogen) atoms. The number of carbonyl (C=O) groups is 2. The Kier molecular flexibility index (Phi) is 6.79. The van der Waals surface area contributed by atoms with Crippen LogP contribution in [0, 0.1) is 0 Å². The summed E-state index contributed by atoms with van der Waals surface area (Å²) in [6, 6.07) is 10.1. The normalized spacial score (nSPS) is 18.0. The summed E-state index contributed by atoms with van der Waals surface area (Å²) in [4.78, 5) is 27.2. The molecule has 1 aromatic rings. The number of piperazine rings is 1. The van der Waals surface area contributed by atoms with E-state index >= 15 is 0 Å². The third-order valence-electron chi connectivity index (χ3n) is 4.95. The molecule has 2 rings (SSSR count). The van der Waals surface area contributed by atoms with Crippen LogP contribution in [0.2, 0.25) is 0 Å². The van der Waals surface area contributed by atoms with Gasteiger partial charge in [0.15, 0.2) is 6.04 Å². The molecule has 0 saturated carbocycles. The molecule has 0 aliphatic carbocycles. The summed E-state index contributed by atoms with van der Waals surface area (Å²) in [6.45, 7) is 8.87. The van der Waals surface area contributed by atoms with Gasteiger partial charge in [-0.05, 0) is 18.9 Å². The molecule has 1 heterocycles. The van der Waals surface area contributed by atoms with Crippen molar-refractivity contribution in [1.82, 2.24) is 10.2 Å². The molecule has 0 unspecified atom stereocenters. The van der Waals surface area contributed by atoms with Gasteiger partial charge in [0.2, 0.25) is 5.91 Å². The Morgan fingerprint density at radius 3 is 2.38 bits per heavy atom. The summed E-state index contributed by atoms with van der Waals surface area (Å²) in [5.41, 5.74) is 1.16. The smallest absolute Gasteiger partial charge is 0.278 e. The second-order valence-electron chi connectivity index (χ2n) is 6.65. The molecule has 132 valence electrons. The topological polar surface area (TPSA) is 53.9 Å². The summed E-state index contributed by atoms with van der Waals surface area (Å²) in [5.74, 6) is 0.224. The Bertz CT molecular complexity index is 539. The van der Waals surface area contributed by atoms with Crippen LogP contribution in [0.3, 0.4) is 0 Å². The van der Waals surface area contributed by atoms with Gasteiger partial charge in [-0.1, -0.05) is 43.7 Å². The Hall–Kier alpha value is -1.88. The lowest BCUT2D eigenvalue weighted by atomic mass is 10.0. The molecule has 1 aromatic carbocycles. The average molecular weight is 332 g/mol. The van der Waals surface area contributed by atoms with Crippen molar-refractivity contribution in [2.24, 2.45) is 0 Å². The minimum atomic E-state index is -0.0952. The number of nitrogens with one attached hydrogen (secondary N) is 2. The number of hydrogen-bond acceptors (Lipinski definition) is 2. The van der Waals surface area contributed by atoms with Gasteiger partial charge in [0.05, 0.1) is 32.2 Å². The molecule has 5 nitrogen and oxygen atoms in total. The molecule has 1 aliphatic rings. The van der Waals surface area contributed by atoms with Crippen molar-refractivity contribution in [1.29, 1.82) is 0 Å². The number of nitrogens with zero attached hydrogens (tertiary/aromatic N) is 1. The van der Waals surface area contributed by atoms with E-state index < -0.39 is 0 Å². The van der Waals surface area contributed by atoms with Crippen molar-refractivity contribution in [2.75, 3.05) is 26.2 Å². The number of amides is 2. The highest BCUT2D eigenvalue weighted by molar-refractivity contribution is 5.80. The standard InChI is InChI=1S/C19H29N3O2/c1-4-8-18(17-9-6-5-7-10-17)20-19(24)15(2)21-11-13-22(14-12-21)16(3)23/h5-7,9-10,15,18H,4,8,11-14H2,1-3H3,(H,20,24)/p+1/t15-,18+/m0/s1.